The Balaban J connectivity index is 4.26. The number of nitrogens with two attached hydrogens (primary N) is 2. The molecule has 5 N–H and O–H groups in total. The number of carbonyl (C=O) groups is 2. The van der Waals surface area contributed by atoms with Crippen molar-refractivity contribution >= 4 is 11.8 Å². The summed E-state index contributed by atoms with van der Waals surface area (Å²) in [7, 11) is 3.32. The molecule has 6 nitrogen and oxygen atoms in total. The van der Waals surface area contributed by atoms with Gasteiger partial charge in [-0.05, 0) is 25.8 Å². The fourth-order valence-corrected chi connectivity index (χ4v) is 1.32. The molecule has 0 aliphatic carbocycles. The second kappa shape index (κ2) is 8.06. The quantitative estimate of drug-likeness (QED) is 0.470. The minimum Gasteiger partial charge on any atom is -0.347 e. The molecule has 16 heavy (non-hydrogen) atoms. The highest BCUT2D eigenvalue weighted by atomic mass is 16.2. The third-order valence-electron chi connectivity index (χ3n) is 2.21. The average Bonchev–Trinajstić information content (AvgIpc) is 2.26. The van der Waals surface area contributed by atoms with Crippen molar-refractivity contribution in [2.45, 2.75) is 25.3 Å². The molecule has 0 unspecified atom stereocenters. The van der Waals surface area contributed by atoms with Crippen molar-refractivity contribution in [3.8, 4) is 0 Å². The van der Waals surface area contributed by atoms with Gasteiger partial charge in [0.15, 0.2) is 0 Å². The van der Waals surface area contributed by atoms with E-state index in [1.807, 2.05) is 0 Å². The number of hydrogen-bond donors (Lipinski definition) is 3. The van der Waals surface area contributed by atoms with Crippen molar-refractivity contribution in [1.82, 2.24) is 10.2 Å². The highest BCUT2D eigenvalue weighted by Gasteiger charge is 2.20. The smallest absolute Gasteiger partial charge is 0.244 e. The number of hydrogen-bond acceptors (Lipinski definition) is 4. The third kappa shape index (κ3) is 5.67. The Hall–Kier alpha value is -1.14. The molecule has 0 aliphatic heterocycles. The number of carbonyl (C=O) groups excluding carboxylic acids is 2. The molecule has 94 valence electrons. The van der Waals surface area contributed by atoms with Gasteiger partial charge in [0.05, 0.1) is 6.54 Å². The van der Waals surface area contributed by atoms with Gasteiger partial charge in [0.2, 0.25) is 11.8 Å². The fourth-order valence-electron chi connectivity index (χ4n) is 1.32. The first-order valence-corrected chi connectivity index (χ1v) is 5.43. The number of amides is 2. The van der Waals surface area contributed by atoms with E-state index in [1.165, 1.54) is 4.90 Å². The number of unbranched alkanes of at least 4 members (excludes halogenated alkanes) is 1. The molecule has 0 fully saturated rings. The highest BCUT2D eigenvalue weighted by molar-refractivity contribution is 5.87. The standard InChI is InChI=1S/C10H22N4O2/c1-14(2)10(16)8(5-3-4-6-11)13-9(15)7-12/h8H,3-7,11-12H2,1-2H3,(H,13,15)/t8-/m0/s1. The summed E-state index contributed by atoms with van der Waals surface area (Å²) in [4.78, 5) is 24.3. The molecule has 0 aromatic rings. The van der Waals surface area contributed by atoms with Crippen LogP contribution in [-0.4, -0.2) is 49.9 Å². The molecular weight excluding hydrogens is 208 g/mol. The lowest BCUT2D eigenvalue weighted by Crippen LogP contribution is -2.48. The van der Waals surface area contributed by atoms with E-state index in [1.54, 1.807) is 14.1 Å². The van der Waals surface area contributed by atoms with Crippen LogP contribution in [0.5, 0.6) is 0 Å². The van der Waals surface area contributed by atoms with Crippen LogP contribution in [0, 0.1) is 0 Å². The van der Waals surface area contributed by atoms with Gasteiger partial charge < -0.3 is 21.7 Å². The van der Waals surface area contributed by atoms with Crippen LogP contribution in [0.25, 0.3) is 0 Å². The Bertz CT molecular complexity index is 231. The number of rotatable bonds is 7. The molecule has 0 saturated carbocycles. The Kier molecular flexibility index (Phi) is 7.49. The summed E-state index contributed by atoms with van der Waals surface area (Å²) in [5.41, 5.74) is 10.6. The molecular formula is C10H22N4O2. The zero-order valence-electron chi connectivity index (χ0n) is 10.0. The first kappa shape index (κ1) is 14.9. The SMILES string of the molecule is CN(C)C(=O)[C@H](CCCCN)NC(=O)CN. The van der Waals surface area contributed by atoms with Crippen LogP contribution in [0.4, 0.5) is 0 Å². The van der Waals surface area contributed by atoms with E-state index >= 15 is 0 Å². The molecule has 0 heterocycles. The van der Waals surface area contributed by atoms with Gasteiger partial charge >= 0.3 is 0 Å². The fraction of sp³-hybridized carbons (Fsp3) is 0.800. The van der Waals surface area contributed by atoms with Gasteiger partial charge in [-0.1, -0.05) is 0 Å². The van der Waals surface area contributed by atoms with Crippen LogP contribution in [-0.2, 0) is 9.59 Å². The highest BCUT2D eigenvalue weighted by Crippen LogP contribution is 2.03. The number of nitrogens with one attached hydrogen (secondary N) is 1. The van der Waals surface area contributed by atoms with Crippen molar-refractivity contribution < 1.29 is 9.59 Å². The monoisotopic (exact) mass is 230 g/mol. The van der Waals surface area contributed by atoms with Crippen molar-refractivity contribution in [3.63, 3.8) is 0 Å². The Morgan fingerprint density at radius 3 is 2.31 bits per heavy atom. The second-order valence-electron chi connectivity index (χ2n) is 3.84. The minimum absolute atomic E-state index is 0.103. The van der Waals surface area contributed by atoms with E-state index < -0.39 is 6.04 Å². The molecule has 2 amide bonds. The van der Waals surface area contributed by atoms with E-state index in [9.17, 15) is 9.59 Å². The van der Waals surface area contributed by atoms with Gasteiger partial charge in [-0.2, -0.15) is 0 Å². The lowest BCUT2D eigenvalue weighted by Gasteiger charge is -2.21. The lowest BCUT2D eigenvalue weighted by atomic mass is 10.1. The Labute approximate surface area is 96.3 Å². The van der Waals surface area contributed by atoms with Crippen LogP contribution >= 0.6 is 0 Å². The van der Waals surface area contributed by atoms with Gasteiger partial charge in [-0.3, -0.25) is 9.59 Å². The molecule has 6 heteroatoms. The molecule has 0 aromatic carbocycles. The number of nitrogens with zero attached hydrogens (tertiary/aromatic N) is 1. The van der Waals surface area contributed by atoms with E-state index in [4.69, 9.17) is 11.5 Å². The van der Waals surface area contributed by atoms with Crippen LogP contribution < -0.4 is 16.8 Å². The number of likely N-dealkylation sites (N-methyl/N-ethyl adjacent to an activating group) is 1. The van der Waals surface area contributed by atoms with Crippen LogP contribution in [0.1, 0.15) is 19.3 Å². The molecule has 0 radical (unpaired) electrons. The van der Waals surface area contributed by atoms with E-state index in [-0.39, 0.29) is 18.4 Å². The van der Waals surface area contributed by atoms with Crippen LogP contribution in [0.3, 0.4) is 0 Å². The van der Waals surface area contributed by atoms with Gasteiger partial charge in [0.25, 0.3) is 0 Å². The Morgan fingerprint density at radius 2 is 1.88 bits per heavy atom. The van der Waals surface area contributed by atoms with Gasteiger partial charge in [-0.15, -0.1) is 0 Å². The van der Waals surface area contributed by atoms with Crippen molar-refractivity contribution in [3.05, 3.63) is 0 Å². The maximum atomic E-state index is 11.7. The molecule has 0 saturated heterocycles. The van der Waals surface area contributed by atoms with Gasteiger partial charge in [0.1, 0.15) is 6.04 Å². The summed E-state index contributed by atoms with van der Waals surface area (Å²) >= 11 is 0. The maximum absolute atomic E-state index is 11.7. The maximum Gasteiger partial charge on any atom is 0.244 e. The van der Waals surface area contributed by atoms with Gasteiger partial charge in [-0.25, -0.2) is 0 Å². The lowest BCUT2D eigenvalue weighted by molar-refractivity contribution is -0.134. The topological polar surface area (TPSA) is 101 Å². The summed E-state index contributed by atoms with van der Waals surface area (Å²) < 4.78 is 0. The minimum atomic E-state index is -0.488. The zero-order valence-corrected chi connectivity index (χ0v) is 10.0. The van der Waals surface area contributed by atoms with Crippen LogP contribution in [0.2, 0.25) is 0 Å². The van der Waals surface area contributed by atoms with E-state index in [2.05, 4.69) is 5.32 Å². The first-order valence-electron chi connectivity index (χ1n) is 5.43. The summed E-state index contributed by atoms with van der Waals surface area (Å²) in [6, 6.07) is -0.488. The summed E-state index contributed by atoms with van der Waals surface area (Å²) in [5, 5.41) is 2.61. The molecule has 1 atom stereocenters. The molecule has 0 rings (SSSR count). The van der Waals surface area contributed by atoms with Crippen LogP contribution in [0.15, 0.2) is 0 Å². The molecule has 0 bridgehead atoms. The second-order valence-corrected chi connectivity index (χ2v) is 3.84. The van der Waals surface area contributed by atoms with E-state index in [0.717, 1.165) is 12.8 Å². The predicted octanol–water partition coefficient (Wildman–Crippen LogP) is -1.35. The Morgan fingerprint density at radius 1 is 1.25 bits per heavy atom. The average molecular weight is 230 g/mol. The molecule has 0 spiro atoms. The third-order valence-corrected chi connectivity index (χ3v) is 2.21. The van der Waals surface area contributed by atoms with E-state index in [0.29, 0.717) is 13.0 Å². The van der Waals surface area contributed by atoms with Crippen molar-refractivity contribution in [2.75, 3.05) is 27.2 Å². The van der Waals surface area contributed by atoms with Crippen molar-refractivity contribution in [2.24, 2.45) is 11.5 Å². The normalized spacial score (nSPS) is 12.0. The van der Waals surface area contributed by atoms with Gasteiger partial charge in [0, 0.05) is 14.1 Å². The summed E-state index contributed by atoms with van der Waals surface area (Å²) in [6.45, 7) is 0.488. The molecule has 0 aliphatic rings. The first-order chi connectivity index (χ1) is 7.52. The predicted molar refractivity (Wildman–Crippen MR) is 62.6 cm³/mol. The zero-order chi connectivity index (χ0) is 12.6. The molecule has 0 aromatic heterocycles. The largest absolute Gasteiger partial charge is 0.347 e. The summed E-state index contributed by atoms with van der Waals surface area (Å²) in [5.74, 6) is -0.424. The summed E-state index contributed by atoms with van der Waals surface area (Å²) in [6.07, 6.45) is 2.25. The van der Waals surface area contributed by atoms with Crippen molar-refractivity contribution in [1.29, 1.82) is 0 Å².